The molecule has 0 amide bonds. The Labute approximate surface area is 149 Å². The van der Waals surface area contributed by atoms with Crippen molar-refractivity contribution in [2.75, 3.05) is 6.54 Å². The summed E-state index contributed by atoms with van der Waals surface area (Å²) in [6, 6.07) is 6.50. The molecular formula is C19H28N6. The molecule has 0 aliphatic carbocycles. The topological polar surface area (TPSA) is 67.1 Å². The summed E-state index contributed by atoms with van der Waals surface area (Å²) < 4.78 is 2.24. The van der Waals surface area contributed by atoms with E-state index in [0.29, 0.717) is 13.1 Å². The Hall–Kier alpha value is -2.37. The third kappa shape index (κ3) is 4.38. The van der Waals surface area contributed by atoms with Gasteiger partial charge in [-0.2, -0.15) is 0 Å². The van der Waals surface area contributed by atoms with Crippen LogP contribution in [0.4, 0.5) is 0 Å². The van der Waals surface area contributed by atoms with Gasteiger partial charge < -0.3 is 15.2 Å². The molecule has 0 bridgehead atoms. The highest BCUT2D eigenvalue weighted by Gasteiger charge is 2.15. The second kappa shape index (κ2) is 8.14. The van der Waals surface area contributed by atoms with Crippen molar-refractivity contribution in [3.8, 4) is 0 Å². The molecule has 2 heterocycles. The van der Waals surface area contributed by atoms with Gasteiger partial charge >= 0.3 is 0 Å². The molecule has 2 aromatic rings. The zero-order chi connectivity index (χ0) is 17.6. The normalized spacial score (nSPS) is 14.3. The van der Waals surface area contributed by atoms with Crippen LogP contribution < -0.4 is 10.6 Å². The molecule has 6 heteroatoms. The lowest BCUT2D eigenvalue weighted by Crippen LogP contribution is -2.37. The lowest BCUT2D eigenvalue weighted by atomic mass is 10.1. The van der Waals surface area contributed by atoms with Gasteiger partial charge in [0.05, 0.1) is 13.1 Å². The highest BCUT2D eigenvalue weighted by Crippen LogP contribution is 2.14. The van der Waals surface area contributed by atoms with E-state index in [1.807, 2.05) is 0 Å². The third-order valence-electron chi connectivity index (χ3n) is 4.60. The number of hydrogen-bond donors (Lipinski definition) is 2. The van der Waals surface area contributed by atoms with Gasteiger partial charge in [-0.05, 0) is 44.7 Å². The first-order chi connectivity index (χ1) is 12.2. The standard InChI is InChI=1S/C19H28N6/c1-4-20-19(21-12-16-9-8-14(2)11-15(16)3)22-13-18-24-23-17-7-5-6-10-25(17)18/h8-9,11H,4-7,10,12-13H2,1-3H3,(H2,20,21,22). The molecule has 0 atom stereocenters. The summed E-state index contributed by atoms with van der Waals surface area (Å²) >= 11 is 0. The van der Waals surface area contributed by atoms with E-state index in [1.54, 1.807) is 0 Å². The lowest BCUT2D eigenvalue weighted by Gasteiger charge is -2.16. The van der Waals surface area contributed by atoms with Gasteiger partial charge in [-0.1, -0.05) is 23.8 Å². The highest BCUT2D eigenvalue weighted by atomic mass is 15.3. The molecule has 0 unspecified atom stereocenters. The summed E-state index contributed by atoms with van der Waals surface area (Å²) in [6.45, 7) is 9.50. The van der Waals surface area contributed by atoms with Crippen molar-refractivity contribution in [1.82, 2.24) is 25.4 Å². The summed E-state index contributed by atoms with van der Waals surface area (Å²) in [4.78, 5) is 4.72. The minimum Gasteiger partial charge on any atom is -0.357 e. The summed E-state index contributed by atoms with van der Waals surface area (Å²) in [6.07, 6.45) is 3.46. The minimum absolute atomic E-state index is 0.645. The van der Waals surface area contributed by atoms with Crippen LogP contribution in [-0.4, -0.2) is 27.3 Å². The fourth-order valence-corrected chi connectivity index (χ4v) is 3.19. The first kappa shape index (κ1) is 17.5. The van der Waals surface area contributed by atoms with E-state index in [9.17, 15) is 0 Å². The Morgan fingerprint density at radius 2 is 2.08 bits per heavy atom. The Balaban J connectivity index is 1.65. The van der Waals surface area contributed by atoms with Gasteiger partial charge in [0.1, 0.15) is 5.82 Å². The molecule has 1 aliphatic heterocycles. The number of nitrogens with zero attached hydrogens (tertiary/aromatic N) is 4. The van der Waals surface area contributed by atoms with E-state index in [1.165, 1.54) is 29.5 Å². The molecule has 25 heavy (non-hydrogen) atoms. The van der Waals surface area contributed by atoms with E-state index in [4.69, 9.17) is 4.99 Å². The van der Waals surface area contributed by atoms with E-state index >= 15 is 0 Å². The zero-order valence-corrected chi connectivity index (χ0v) is 15.5. The summed E-state index contributed by atoms with van der Waals surface area (Å²) in [5.74, 6) is 2.92. The number of rotatable bonds is 5. The Bertz CT molecular complexity index is 746. The molecular weight excluding hydrogens is 312 g/mol. The van der Waals surface area contributed by atoms with Crippen LogP contribution in [0.3, 0.4) is 0 Å². The highest BCUT2D eigenvalue weighted by molar-refractivity contribution is 5.79. The number of benzene rings is 1. The summed E-state index contributed by atoms with van der Waals surface area (Å²) in [5, 5.41) is 15.3. The van der Waals surface area contributed by atoms with Gasteiger partial charge in [0, 0.05) is 19.5 Å². The number of nitrogens with one attached hydrogen (secondary N) is 2. The molecule has 6 nitrogen and oxygen atoms in total. The smallest absolute Gasteiger partial charge is 0.191 e. The average Bonchev–Trinajstić information content (AvgIpc) is 3.02. The Morgan fingerprint density at radius 1 is 1.20 bits per heavy atom. The number of fused-ring (bicyclic) bond motifs is 1. The van der Waals surface area contributed by atoms with Gasteiger partial charge in [0.2, 0.25) is 0 Å². The molecule has 0 saturated heterocycles. The summed E-state index contributed by atoms with van der Waals surface area (Å²) in [5.41, 5.74) is 3.82. The Kier molecular flexibility index (Phi) is 5.68. The fraction of sp³-hybridized carbons (Fsp3) is 0.526. The van der Waals surface area contributed by atoms with Crippen molar-refractivity contribution < 1.29 is 0 Å². The van der Waals surface area contributed by atoms with Crippen molar-refractivity contribution in [2.45, 2.75) is 59.7 Å². The van der Waals surface area contributed by atoms with Crippen LogP contribution in [0.2, 0.25) is 0 Å². The fourth-order valence-electron chi connectivity index (χ4n) is 3.19. The third-order valence-corrected chi connectivity index (χ3v) is 4.60. The molecule has 2 N–H and O–H groups in total. The maximum atomic E-state index is 4.72. The maximum Gasteiger partial charge on any atom is 0.191 e. The van der Waals surface area contributed by atoms with Gasteiger partial charge in [-0.3, -0.25) is 0 Å². The zero-order valence-electron chi connectivity index (χ0n) is 15.5. The lowest BCUT2D eigenvalue weighted by molar-refractivity contribution is 0.504. The quantitative estimate of drug-likeness (QED) is 0.648. The number of aromatic nitrogens is 3. The van der Waals surface area contributed by atoms with Crippen LogP contribution in [-0.2, 0) is 26.1 Å². The predicted molar refractivity (Wildman–Crippen MR) is 101 cm³/mol. The van der Waals surface area contributed by atoms with Crippen molar-refractivity contribution in [3.05, 3.63) is 46.5 Å². The van der Waals surface area contributed by atoms with Crippen molar-refractivity contribution in [3.63, 3.8) is 0 Å². The first-order valence-electron chi connectivity index (χ1n) is 9.16. The summed E-state index contributed by atoms with van der Waals surface area (Å²) in [7, 11) is 0. The molecule has 0 saturated carbocycles. The van der Waals surface area contributed by atoms with Crippen molar-refractivity contribution in [1.29, 1.82) is 0 Å². The van der Waals surface area contributed by atoms with Gasteiger partial charge in [0.25, 0.3) is 0 Å². The number of aliphatic imine (C=N–C) groups is 1. The van der Waals surface area contributed by atoms with Crippen LogP contribution in [0, 0.1) is 13.8 Å². The predicted octanol–water partition coefficient (Wildman–Crippen LogP) is 2.49. The molecule has 1 aromatic heterocycles. The molecule has 134 valence electrons. The van der Waals surface area contributed by atoms with Gasteiger partial charge in [-0.25, -0.2) is 4.99 Å². The van der Waals surface area contributed by atoms with Crippen molar-refractivity contribution in [2.24, 2.45) is 4.99 Å². The van der Waals surface area contributed by atoms with Crippen LogP contribution >= 0.6 is 0 Å². The van der Waals surface area contributed by atoms with Crippen LogP contribution in [0.5, 0.6) is 0 Å². The molecule has 0 radical (unpaired) electrons. The molecule has 0 fully saturated rings. The van der Waals surface area contributed by atoms with Crippen LogP contribution in [0.1, 0.15) is 48.1 Å². The molecule has 3 rings (SSSR count). The van der Waals surface area contributed by atoms with Crippen LogP contribution in [0.15, 0.2) is 23.2 Å². The molecule has 0 spiro atoms. The molecule has 1 aliphatic rings. The number of aryl methyl sites for hydroxylation is 3. The largest absolute Gasteiger partial charge is 0.357 e. The molecule has 1 aromatic carbocycles. The minimum atomic E-state index is 0.645. The van der Waals surface area contributed by atoms with E-state index in [-0.39, 0.29) is 0 Å². The Morgan fingerprint density at radius 3 is 2.88 bits per heavy atom. The average molecular weight is 340 g/mol. The van der Waals surface area contributed by atoms with E-state index in [0.717, 1.165) is 37.1 Å². The maximum absolute atomic E-state index is 4.72. The van der Waals surface area contributed by atoms with Gasteiger partial charge in [-0.15, -0.1) is 10.2 Å². The van der Waals surface area contributed by atoms with E-state index in [2.05, 4.69) is 64.4 Å². The monoisotopic (exact) mass is 340 g/mol. The number of hydrogen-bond acceptors (Lipinski definition) is 3. The van der Waals surface area contributed by atoms with Crippen molar-refractivity contribution >= 4 is 5.96 Å². The first-order valence-corrected chi connectivity index (χ1v) is 9.16. The van der Waals surface area contributed by atoms with Crippen LogP contribution in [0.25, 0.3) is 0 Å². The second-order valence-corrected chi connectivity index (χ2v) is 6.62. The van der Waals surface area contributed by atoms with Gasteiger partial charge in [0.15, 0.2) is 11.8 Å². The SMILES string of the molecule is CCNC(=NCc1ccc(C)cc1C)NCc1nnc2n1CCCC2. The second-order valence-electron chi connectivity index (χ2n) is 6.62. The number of guanidine groups is 1. The van der Waals surface area contributed by atoms with E-state index < -0.39 is 0 Å².